The highest BCUT2D eigenvalue weighted by molar-refractivity contribution is 6.05. The summed E-state index contributed by atoms with van der Waals surface area (Å²) in [6, 6.07) is 14.4. The molecule has 2 unspecified atom stereocenters. The van der Waals surface area contributed by atoms with Crippen LogP contribution in [0.2, 0.25) is 0 Å². The number of para-hydroxylation sites is 1. The average Bonchev–Trinajstić information content (AvgIpc) is 3.08. The molecule has 108 valence electrons. The Morgan fingerprint density at radius 2 is 1.90 bits per heavy atom. The first-order valence-electron chi connectivity index (χ1n) is 7.60. The molecule has 1 aliphatic heterocycles. The maximum absolute atomic E-state index is 5.85. The van der Waals surface area contributed by atoms with Crippen molar-refractivity contribution in [1.29, 1.82) is 0 Å². The fourth-order valence-corrected chi connectivity index (χ4v) is 3.10. The molecule has 2 atom stereocenters. The first kappa shape index (κ1) is 12.7. The summed E-state index contributed by atoms with van der Waals surface area (Å²) in [6.07, 6.45) is 3.04. The summed E-state index contributed by atoms with van der Waals surface area (Å²) in [5.74, 6) is 0. The summed E-state index contributed by atoms with van der Waals surface area (Å²) in [5.41, 5.74) is 3.00. The highest BCUT2D eigenvalue weighted by Gasteiger charge is 2.21. The van der Waals surface area contributed by atoms with Crippen molar-refractivity contribution in [2.75, 3.05) is 11.9 Å². The van der Waals surface area contributed by atoms with Crippen molar-refractivity contribution in [1.82, 2.24) is 0 Å². The maximum Gasteiger partial charge on any atom is 0.135 e. The molecule has 1 N–H and O–H groups in total. The summed E-state index contributed by atoms with van der Waals surface area (Å²) in [5, 5.41) is 5.82. The first-order valence-corrected chi connectivity index (χ1v) is 7.60. The second-order valence-corrected chi connectivity index (χ2v) is 5.84. The van der Waals surface area contributed by atoms with Crippen molar-refractivity contribution in [3.8, 4) is 0 Å². The molecule has 0 spiro atoms. The molecule has 0 amide bonds. The van der Waals surface area contributed by atoms with Gasteiger partial charge >= 0.3 is 0 Å². The minimum absolute atomic E-state index is 0.330. The lowest BCUT2D eigenvalue weighted by molar-refractivity contribution is 0.0637. The van der Waals surface area contributed by atoms with E-state index in [4.69, 9.17) is 9.15 Å². The van der Waals surface area contributed by atoms with Gasteiger partial charge in [-0.15, -0.1) is 0 Å². The van der Waals surface area contributed by atoms with E-state index in [0.717, 1.165) is 41.6 Å². The normalized spacial score (nSPS) is 22.1. The van der Waals surface area contributed by atoms with Crippen LogP contribution >= 0.6 is 0 Å². The SMILES string of the molecule is CC1CCC(CNc2ccc3oc4ccccc4c3c2)O1. The van der Waals surface area contributed by atoms with Crippen LogP contribution in [0.3, 0.4) is 0 Å². The molecule has 1 fully saturated rings. The molecule has 21 heavy (non-hydrogen) atoms. The number of furan rings is 1. The van der Waals surface area contributed by atoms with E-state index in [1.54, 1.807) is 0 Å². The van der Waals surface area contributed by atoms with Gasteiger partial charge in [-0.2, -0.15) is 0 Å². The van der Waals surface area contributed by atoms with E-state index in [9.17, 15) is 0 Å². The molecule has 0 saturated carbocycles. The van der Waals surface area contributed by atoms with Crippen LogP contribution in [-0.2, 0) is 4.74 Å². The number of hydrogen-bond acceptors (Lipinski definition) is 3. The maximum atomic E-state index is 5.85. The number of ether oxygens (including phenoxy) is 1. The Hall–Kier alpha value is -2.00. The first-order chi connectivity index (χ1) is 10.3. The van der Waals surface area contributed by atoms with E-state index >= 15 is 0 Å². The Morgan fingerprint density at radius 3 is 2.76 bits per heavy atom. The number of anilines is 1. The van der Waals surface area contributed by atoms with Crippen molar-refractivity contribution in [2.45, 2.75) is 32.0 Å². The quantitative estimate of drug-likeness (QED) is 0.764. The van der Waals surface area contributed by atoms with Crippen LogP contribution < -0.4 is 5.32 Å². The zero-order valence-electron chi connectivity index (χ0n) is 12.1. The number of nitrogens with one attached hydrogen (secondary N) is 1. The van der Waals surface area contributed by atoms with Crippen LogP contribution in [0.1, 0.15) is 19.8 Å². The second-order valence-electron chi connectivity index (χ2n) is 5.84. The van der Waals surface area contributed by atoms with Gasteiger partial charge in [0.25, 0.3) is 0 Å². The summed E-state index contributed by atoms with van der Waals surface area (Å²) in [7, 11) is 0. The van der Waals surface area contributed by atoms with Crippen LogP contribution in [0.5, 0.6) is 0 Å². The van der Waals surface area contributed by atoms with Gasteiger partial charge in [-0.1, -0.05) is 18.2 Å². The average molecular weight is 281 g/mol. The van der Waals surface area contributed by atoms with Gasteiger partial charge in [0.2, 0.25) is 0 Å². The summed E-state index contributed by atoms with van der Waals surface area (Å²) >= 11 is 0. The van der Waals surface area contributed by atoms with Gasteiger partial charge in [0.1, 0.15) is 11.2 Å². The third kappa shape index (κ3) is 2.38. The molecule has 0 radical (unpaired) electrons. The number of hydrogen-bond donors (Lipinski definition) is 1. The number of fused-ring (bicyclic) bond motifs is 3. The summed E-state index contributed by atoms with van der Waals surface area (Å²) < 4.78 is 11.7. The van der Waals surface area contributed by atoms with E-state index in [1.807, 2.05) is 24.3 Å². The largest absolute Gasteiger partial charge is 0.456 e. The molecule has 2 aromatic carbocycles. The molecule has 1 aliphatic rings. The molecule has 0 aliphatic carbocycles. The number of benzene rings is 2. The molecular weight excluding hydrogens is 262 g/mol. The lowest BCUT2D eigenvalue weighted by Gasteiger charge is -2.13. The van der Waals surface area contributed by atoms with Crippen molar-refractivity contribution in [3.05, 3.63) is 42.5 Å². The molecule has 1 aromatic heterocycles. The molecule has 4 rings (SSSR count). The van der Waals surface area contributed by atoms with Crippen LogP contribution in [0.15, 0.2) is 46.9 Å². The number of rotatable bonds is 3. The Balaban J connectivity index is 1.59. The van der Waals surface area contributed by atoms with Gasteiger partial charge in [0.15, 0.2) is 0 Å². The topological polar surface area (TPSA) is 34.4 Å². The Bertz CT molecular complexity index is 777. The molecule has 1 saturated heterocycles. The lowest BCUT2D eigenvalue weighted by Crippen LogP contribution is -2.19. The van der Waals surface area contributed by atoms with Gasteiger partial charge in [0, 0.05) is 23.0 Å². The van der Waals surface area contributed by atoms with Gasteiger partial charge < -0.3 is 14.5 Å². The van der Waals surface area contributed by atoms with Crippen molar-refractivity contribution in [3.63, 3.8) is 0 Å². The van der Waals surface area contributed by atoms with Gasteiger partial charge in [-0.05, 0) is 44.0 Å². The third-order valence-corrected chi connectivity index (χ3v) is 4.23. The molecule has 2 heterocycles. The smallest absolute Gasteiger partial charge is 0.135 e. The van der Waals surface area contributed by atoms with E-state index in [0.29, 0.717) is 12.2 Å². The van der Waals surface area contributed by atoms with E-state index in [1.165, 1.54) is 5.39 Å². The Morgan fingerprint density at radius 1 is 1.05 bits per heavy atom. The molecule has 3 nitrogen and oxygen atoms in total. The van der Waals surface area contributed by atoms with Gasteiger partial charge in [0.05, 0.1) is 12.2 Å². The molecule has 3 heteroatoms. The van der Waals surface area contributed by atoms with Crippen LogP contribution in [0.25, 0.3) is 21.9 Å². The van der Waals surface area contributed by atoms with Crippen LogP contribution in [0.4, 0.5) is 5.69 Å². The zero-order valence-corrected chi connectivity index (χ0v) is 12.1. The highest BCUT2D eigenvalue weighted by Crippen LogP contribution is 2.30. The summed E-state index contributed by atoms with van der Waals surface area (Å²) in [4.78, 5) is 0. The Kier molecular flexibility index (Phi) is 3.08. The van der Waals surface area contributed by atoms with Crippen LogP contribution in [-0.4, -0.2) is 18.8 Å². The monoisotopic (exact) mass is 281 g/mol. The highest BCUT2D eigenvalue weighted by atomic mass is 16.5. The minimum atomic E-state index is 0.330. The van der Waals surface area contributed by atoms with Crippen molar-refractivity contribution < 1.29 is 9.15 Å². The third-order valence-electron chi connectivity index (χ3n) is 4.23. The van der Waals surface area contributed by atoms with Crippen molar-refractivity contribution in [2.24, 2.45) is 0 Å². The lowest BCUT2D eigenvalue weighted by atomic mass is 10.1. The van der Waals surface area contributed by atoms with Crippen LogP contribution in [0, 0.1) is 0 Å². The summed E-state index contributed by atoms with van der Waals surface area (Å²) in [6.45, 7) is 3.01. The molecule has 0 bridgehead atoms. The molecular formula is C18H19NO2. The predicted octanol–water partition coefficient (Wildman–Crippen LogP) is 4.57. The molecule has 3 aromatic rings. The predicted molar refractivity (Wildman–Crippen MR) is 85.8 cm³/mol. The minimum Gasteiger partial charge on any atom is -0.456 e. The van der Waals surface area contributed by atoms with E-state index < -0.39 is 0 Å². The Labute approximate surface area is 123 Å². The fraction of sp³-hybridized carbons (Fsp3) is 0.333. The standard InChI is InChI=1S/C18H19NO2/c1-12-6-8-14(20-12)11-19-13-7-9-18-16(10-13)15-4-2-3-5-17(15)21-18/h2-5,7,9-10,12,14,19H,6,8,11H2,1H3. The second kappa shape index (κ2) is 5.08. The van der Waals surface area contributed by atoms with Gasteiger partial charge in [-0.3, -0.25) is 0 Å². The zero-order chi connectivity index (χ0) is 14.2. The van der Waals surface area contributed by atoms with E-state index in [-0.39, 0.29) is 0 Å². The van der Waals surface area contributed by atoms with Crippen molar-refractivity contribution >= 4 is 27.6 Å². The van der Waals surface area contributed by atoms with E-state index in [2.05, 4.69) is 30.4 Å². The fourth-order valence-electron chi connectivity index (χ4n) is 3.10. The van der Waals surface area contributed by atoms with Gasteiger partial charge in [-0.25, -0.2) is 0 Å².